The van der Waals surface area contributed by atoms with Crippen LogP contribution in [0.5, 0.6) is 0 Å². The molecular weight excluding hydrogens is 476 g/mol. The second-order valence-electron chi connectivity index (χ2n) is 11.3. The maximum absolute atomic E-state index is 12.9. The highest BCUT2D eigenvalue weighted by Gasteiger charge is 2.59. The maximum atomic E-state index is 12.9. The summed E-state index contributed by atoms with van der Waals surface area (Å²) in [4.78, 5) is 25.6. The third-order valence-corrected chi connectivity index (χ3v) is 9.82. The molecule has 0 aromatic heterocycles. The second-order valence-corrected chi connectivity index (χ2v) is 13.6. The Balaban J connectivity index is 2.49. The van der Waals surface area contributed by atoms with Crippen LogP contribution in [0.4, 0.5) is 11.4 Å². The van der Waals surface area contributed by atoms with Gasteiger partial charge in [-0.3, -0.25) is 13.9 Å². The predicted octanol–water partition coefficient (Wildman–Crippen LogP) is 7.92. The van der Waals surface area contributed by atoms with E-state index in [-0.39, 0.29) is 23.7 Å². The van der Waals surface area contributed by atoms with Gasteiger partial charge in [0.05, 0.1) is 0 Å². The number of rotatable bonds is 7. The van der Waals surface area contributed by atoms with Crippen molar-refractivity contribution in [3.8, 4) is 0 Å². The van der Waals surface area contributed by atoms with Gasteiger partial charge >= 0.3 is 8.88 Å². The van der Waals surface area contributed by atoms with Crippen LogP contribution in [-0.4, -0.2) is 19.6 Å². The van der Waals surface area contributed by atoms with E-state index >= 15 is 0 Å². The van der Waals surface area contributed by atoms with Crippen molar-refractivity contribution >= 4 is 26.2 Å². The van der Waals surface area contributed by atoms with Crippen molar-refractivity contribution < 1.29 is 14.0 Å². The van der Waals surface area contributed by atoms with E-state index in [9.17, 15) is 9.59 Å². The molecule has 0 spiro atoms. The zero-order valence-electron chi connectivity index (χ0n) is 24.2. The summed E-state index contributed by atoms with van der Waals surface area (Å²) in [6.45, 7) is 24.9. The number of nitrogens with zero attached hydrogens (tertiary/aromatic N) is 2. The van der Waals surface area contributed by atoms with Crippen molar-refractivity contribution in [2.45, 2.75) is 92.9 Å². The number of hydrogen-bond acceptors (Lipinski definition) is 5. The summed E-state index contributed by atoms with van der Waals surface area (Å²) >= 11 is 0. The van der Waals surface area contributed by atoms with Gasteiger partial charge in [-0.25, -0.2) is 0 Å². The first-order valence-electron chi connectivity index (χ1n) is 13.4. The van der Waals surface area contributed by atoms with Gasteiger partial charge in [-0.1, -0.05) is 98.4 Å². The molecule has 0 saturated carbocycles. The van der Waals surface area contributed by atoms with Crippen molar-refractivity contribution in [2.75, 3.05) is 9.13 Å². The lowest BCUT2D eigenvalue weighted by Gasteiger charge is -2.49. The van der Waals surface area contributed by atoms with Crippen LogP contribution in [0.3, 0.4) is 0 Å². The Bertz CT molecular complexity index is 1160. The molecule has 1 aliphatic rings. The Kier molecular flexibility index (Phi) is 8.45. The van der Waals surface area contributed by atoms with Crippen LogP contribution in [0.1, 0.15) is 115 Å². The summed E-state index contributed by atoms with van der Waals surface area (Å²) in [6.07, 6.45) is 1.99. The highest BCUT2D eigenvalue weighted by Crippen LogP contribution is 2.47. The Morgan fingerprint density at radius 2 is 1.14 bits per heavy atom. The number of carbonyl (C=O) groups is 1. The lowest BCUT2D eigenvalue weighted by molar-refractivity contribution is -0.133. The minimum absolute atomic E-state index is 0.187. The van der Waals surface area contributed by atoms with Crippen molar-refractivity contribution in [1.29, 1.82) is 0 Å². The van der Waals surface area contributed by atoms with Gasteiger partial charge in [0.1, 0.15) is 0 Å². The summed E-state index contributed by atoms with van der Waals surface area (Å²) in [7, 11) is -4.23. The Morgan fingerprint density at radius 1 is 0.784 bits per heavy atom. The van der Waals surface area contributed by atoms with E-state index in [0.29, 0.717) is 5.70 Å². The number of hydrogen-bond donors (Lipinski definition) is 1. The molecule has 37 heavy (non-hydrogen) atoms. The molecule has 2 aromatic rings. The number of benzene rings is 2. The standard InChI is InChI=1S/C31H44N2O3Si/c1-19(2)26-14-12-15-27(20(3)4)30(26)32-23(9)18-24(10)33(37(32,35)36-25(11)34)31-28(21(5)6)16-13-17-29(31)22(7)8/h12-22,35H,9H2,1-8,10-11H3/t37-/m1/s1. The van der Waals surface area contributed by atoms with Crippen LogP contribution >= 0.6 is 0 Å². The zero-order valence-corrected chi connectivity index (χ0v) is 25.2. The summed E-state index contributed by atoms with van der Waals surface area (Å²) in [5.41, 5.74) is 7.60. The van der Waals surface area contributed by atoms with E-state index < -0.39 is 14.9 Å². The SMILES string of the molecule is C=C1C=C(C)N(c2c(C(C)C)cccc2C(C)C)[Si@](O)(OC(C)=O)N1c1c(C(C)C)cccc1C(C)C. The molecule has 6 heteroatoms. The van der Waals surface area contributed by atoms with Crippen LogP contribution in [0.15, 0.2) is 60.4 Å². The Hall–Kier alpha value is -2.83. The lowest BCUT2D eigenvalue weighted by atomic mass is 9.92. The molecule has 200 valence electrons. The number of anilines is 2. The molecular formula is C31H44N2O3Si. The topological polar surface area (TPSA) is 53.0 Å². The van der Waals surface area contributed by atoms with Crippen LogP contribution in [-0.2, 0) is 9.22 Å². The fourth-order valence-corrected chi connectivity index (χ4v) is 8.15. The van der Waals surface area contributed by atoms with Crippen LogP contribution < -0.4 is 9.13 Å². The van der Waals surface area contributed by atoms with E-state index in [1.165, 1.54) is 6.92 Å². The first-order valence-corrected chi connectivity index (χ1v) is 15.1. The lowest BCUT2D eigenvalue weighted by Crippen LogP contribution is -2.71. The minimum Gasteiger partial charge on any atom is -0.462 e. The molecule has 3 rings (SSSR count). The normalized spacial score (nSPS) is 18.4. The average molecular weight is 521 g/mol. The minimum atomic E-state index is -4.23. The molecule has 1 atom stereocenters. The number of allylic oxidation sites excluding steroid dienone is 2. The fraction of sp³-hybridized carbons (Fsp3) is 0.452. The molecule has 0 radical (unpaired) electrons. The van der Waals surface area contributed by atoms with E-state index in [4.69, 9.17) is 4.43 Å². The number of carbonyl (C=O) groups excluding carboxylic acids is 1. The third kappa shape index (κ3) is 5.27. The largest absolute Gasteiger partial charge is 0.664 e. The molecule has 5 nitrogen and oxygen atoms in total. The Labute approximate surface area is 224 Å². The van der Waals surface area contributed by atoms with Crippen molar-refractivity contribution in [3.63, 3.8) is 0 Å². The van der Waals surface area contributed by atoms with Gasteiger partial charge in [0.15, 0.2) is 0 Å². The van der Waals surface area contributed by atoms with E-state index in [1.807, 2.05) is 22.1 Å². The van der Waals surface area contributed by atoms with E-state index in [0.717, 1.165) is 39.3 Å². The van der Waals surface area contributed by atoms with Gasteiger partial charge in [-0.05, 0) is 58.9 Å². The van der Waals surface area contributed by atoms with Crippen LogP contribution in [0.25, 0.3) is 0 Å². The van der Waals surface area contributed by atoms with Gasteiger partial charge in [0, 0.05) is 29.7 Å². The first-order chi connectivity index (χ1) is 17.2. The second kappa shape index (κ2) is 10.9. The molecule has 1 heterocycles. The van der Waals surface area contributed by atoms with Crippen LogP contribution in [0, 0.1) is 0 Å². The van der Waals surface area contributed by atoms with Crippen molar-refractivity contribution in [2.24, 2.45) is 0 Å². The highest BCUT2D eigenvalue weighted by atomic mass is 28.4. The third-order valence-electron chi connectivity index (χ3n) is 7.01. The monoisotopic (exact) mass is 520 g/mol. The highest BCUT2D eigenvalue weighted by molar-refractivity contribution is 6.77. The quantitative estimate of drug-likeness (QED) is 0.376. The molecule has 2 aromatic carbocycles. The summed E-state index contributed by atoms with van der Waals surface area (Å²) in [5.74, 6) is 0.251. The molecule has 1 aliphatic heterocycles. The van der Waals surface area contributed by atoms with Gasteiger partial charge in [0.25, 0.3) is 5.97 Å². The Morgan fingerprint density at radius 3 is 1.46 bits per heavy atom. The summed E-state index contributed by atoms with van der Waals surface area (Å²) < 4.78 is 9.88. The molecule has 0 aliphatic carbocycles. The smallest absolute Gasteiger partial charge is 0.462 e. The number of para-hydroxylation sites is 2. The maximum Gasteiger partial charge on any atom is 0.664 e. The van der Waals surface area contributed by atoms with E-state index in [2.05, 4.69) is 98.4 Å². The zero-order chi connectivity index (χ0) is 27.8. The first kappa shape index (κ1) is 28.7. The molecule has 1 N–H and O–H groups in total. The molecule has 0 bridgehead atoms. The van der Waals surface area contributed by atoms with E-state index in [1.54, 1.807) is 0 Å². The summed E-state index contributed by atoms with van der Waals surface area (Å²) in [6, 6.07) is 12.5. The van der Waals surface area contributed by atoms with Gasteiger partial charge < -0.3 is 9.22 Å². The van der Waals surface area contributed by atoms with Gasteiger partial charge in [-0.2, -0.15) is 0 Å². The van der Waals surface area contributed by atoms with Gasteiger partial charge in [-0.15, -0.1) is 0 Å². The van der Waals surface area contributed by atoms with Crippen molar-refractivity contribution in [1.82, 2.24) is 0 Å². The van der Waals surface area contributed by atoms with Crippen molar-refractivity contribution in [3.05, 3.63) is 82.7 Å². The molecule has 0 amide bonds. The average Bonchev–Trinajstić information content (AvgIpc) is 2.77. The molecule has 0 unspecified atom stereocenters. The summed E-state index contributed by atoms with van der Waals surface area (Å²) in [5, 5.41) is 0. The predicted molar refractivity (Wildman–Crippen MR) is 157 cm³/mol. The molecule has 0 fully saturated rings. The molecule has 0 saturated heterocycles. The van der Waals surface area contributed by atoms with Gasteiger partial charge in [0.2, 0.25) is 0 Å². The fourth-order valence-electron chi connectivity index (χ4n) is 5.32. The van der Waals surface area contributed by atoms with Crippen LogP contribution in [0.2, 0.25) is 0 Å².